The van der Waals surface area contributed by atoms with Crippen LogP contribution in [0.5, 0.6) is 0 Å². The summed E-state index contributed by atoms with van der Waals surface area (Å²) in [5.74, 6) is -0.787. The highest BCUT2D eigenvalue weighted by Crippen LogP contribution is 2.33. The molecule has 0 radical (unpaired) electrons. The molecule has 194 valence electrons. The van der Waals surface area contributed by atoms with Crippen molar-refractivity contribution in [3.05, 3.63) is 29.3 Å². The quantitative estimate of drug-likeness (QED) is 0.619. The van der Waals surface area contributed by atoms with Crippen LogP contribution in [0, 0.1) is 19.8 Å². The van der Waals surface area contributed by atoms with Crippen LogP contribution in [-0.2, 0) is 24.5 Å². The van der Waals surface area contributed by atoms with Gasteiger partial charge in [0.2, 0.25) is 5.91 Å². The van der Waals surface area contributed by atoms with Gasteiger partial charge in [0, 0.05) is 70.9 Å². The zero-order valence-corrected chi connectivity index (χ0v) is 21.8. The number of carbonyl (C=O) groups is 1. The molecule has 10 heteroatoms. The van der Waals surface area contributed by atoms with E-state index in [1.54, 1.807) is 4.31 Å². The van der Waals surface area contributed by atoms with E-state index in [0.717, 1.165) is 19.5 Å². The third kappa shape index (κ3) is 4.96. The van der Waals surface area contributed by atoms with Gasteiger partial charge in [0.1, 0.15) is 0 Å². The first kappa shape index (κ1) is 25.0. The molecule has 4 aliphatic rings. The molecule has 0 aliphatic carbocycles. The molecule has 1 aromatic rings. The Kier molecular flexibility index (Phi) is 7.11. The summed E-state index contributed by atoms with van der Waals surface area (Å²) in [6.45, 7) is 9.87. The molecule has 0 aromatic heterocycles. The first-order valence-corrected chi connectivity index (χ1v) is 14.3. The van der Waals surface area contributed by atoms with E-state index in [1.807, 2.05) is 4.90 Å². The summed E-state index contributed by atoms with van der Waals surface area (Å²) >= 11 is 0. The number of hydrogen-bond acceptors (Lipinski definition) is 6. The highest BCUT2D eigenvalue weighted by atomic mass is 32.2. The minimum absolute atomic E-state index is 0.0934. The number of amides is 1. The van der Waals surface area contributed by atoms with E-state index < -0.39 is 16.0 Å². The first-order valence-electron chi connectivity index (χ1n) is 12.9. The van der Waals surface area contributed by atoms with Crippen LogP contribution in [0.3, 0.4) is 0 Å². The number of piperidine rings is 2. The Morgan fingerprint density at radius 1 is 0.943 bits per heavy atom. The Balaban J connectivity index is 1.17. The predicted octanol–water partition coefficient (Wildman–Crippen LogP) is 1.75. The average Bonchev–Trinajstić information content (AvgIpc) is 3.33. The van der Waals surface area contributed by atoms with Gasteiger partial charge in [0.15, 0.2) is 5.79 Å². The lowest BCUT2D eigenvalue weighted by Crippen LogP contribution is -2.56. The average molecular weight is 507 g/mol. The molecule has 35 heavy (non-hydrogen) atoms. The fourth-order valence-electron chi connectivity index (χ4n) is 5.86. The van der Waals surface area contributed by atoms with Gasteiger partial charge in [-0.05, 0) is 43.9 Å². The maximum absolute atomic E-state index is 13.4. The Hall–Kier alpha value is -1.72. The van der Waals surface area contributed by atoms with E-state index >= 15 is 0 Å². The minimum Gasteiger partial charge on any atom is -0.368 e. The fraction of sp³-hybridized carbons (Fsp3) is 0.720. The van der Waals surface area contributed by atoms with E-state index in [1.165, 1.54) is 21.1 Å². The largest absolute Gasteiger partial charge is 0.368 e. The standard InChI is InChI=1S/C25H38N4O5S/c1-20-5-3-7-23(21(20)2)26-13-15-27(16-14-26)24(30)22-6-4-10-29(19-22)35(31,32)28-11-8-25(9-12-28)33-17-18-34-25/h3,5,7,22H,4,6,8-19H2,1-2H3. The van der Waals surface area contributed by atoms with Crippen LogP contribution in [0.1, 0.15) is 36.8 Å². The van der Waals surface area contributed by atoms with Crippen LogP contribution in [-0.4, -0.2) is 99.2 Å². The molecule has 1 unspecified atom stereocenters. The molecule has 0 N–H and O–H groups in total. The molecular weight excluding hydrogens is 468 g/mol. The van der Waals surface area contributed by atoms with E-state index in [2.05, 4.69) is 36.9 Å². The van der Waals surface area contributed by atoms with Crippen LogP contribution in [0.15, 0.2) is 18.2 Å². The number of rotatable bonds is 4. The van der Waals surface area contributed by atoms with Crippen molar-refractivity contribution in [1.29, 1.82) is 0 Å². The van der Waals surface area contributed by atoms with Gasteiger partial charge in [-0.3, -0.25) is 4.79 Å². The van der Waals surface area contributed by atoms with Crippen LogP contribution >= 0.6 is 0 Å². The van der Waals surface area contributed by atoms with Gasteiger partial charge < -0.3 is 19.3 Å². The van der Waals surface area contributed by atoms with Crippen molar-refractivity contribution in [3.8, 4) is 0 Å². The summed E-state index contributed by atoms with van der Waals surface area (Å²) in [6, 6.07) is 6.36. The molecule has 4 heterocycles. The summed E-state index contributed by atoms with van der Waals surface area (Å²) in [5.41, 5.74) is 3.80. The molecule has 1 spiro atoms. The van der Waals surface area contributed by atoms with Gasteiger partial charge in [0.05, 0.1) is 19.1 Å². The van der Waals surface area contributed by atoms with Crippen molar-refractivity contribution in [2.75, 3.05) is 70.5 Å². The topological polar surface area (TPSA) is 82.6 Å². The molecule has 0 saturated carbocycles. The molecule has 1 aromatic carbocycles. The number of nitrogens with zero attached hydrogens (tertiary/aromatic N) is 4. The van der Waals surface area contributed by atoms with E-state index in [0.29, 0.717) is 65.2 Å². The molecule has 1 amide bonds. The number of ether oxygens (including phenoxy) is 2. The van der Waals surface area contributed by atoms with Gasteiger partial charge in [0.25, 0.3) is 10.2 Å². The summed E-state index contributed by atoms with van der Waals surface area (Å²) in [5, 5.41) is 0. The summed E-state index contributed by atoms with van der Waals surface area (Å²) < 4.78 is 41.3. The minimum atomic E-state index is -3.61. The van der Waals surface area contributed by atoms with E-state index in [9.17, 15) is 13.2 Å². The Labute approximate surface area is 209 Å². The zero-order chi connectivity index (χ0) is 24.6. The third-order valence-electron chi connectivity index (χ3n) is 8.19. The number of aryl methyl sites for hydroxylation is 1. The number of piperazine rings is 1. The number of hydrogen-bond donors (Lipinski definition) is 0. The van der Waals surface area contributed by atoms with Gasteiger partial charge in [-0.15, -0.1) is 0 Å². The second kappa shape index (κ2) is 9.97. The SMILES string of the molecule is Cc1cccc(N2CCN(C(=O)C3CCCN(S(=O)(=O)N4CCC5(CC4)OCCO5)C3)CC2)c1C. The van der Waals surface area contributed by atoms with Gasteiger partial charge in [-0.25, -0.2) is 0 Å². The van der Waals surface area contributed by atoms with Crippen LogP contribution in [0.2, 0.25) is 0 Å². The van der Waals surface area contributed by atoms with Gasteiger partial charge in [-0.2, -0.15) is 17.0 Å². The van der Waals surface area contributed by atoms with Gasteiger partial charge >= 0.3 is 0 Å². The second-order valence-corrected chi connectivity index (χ2v) is 12.2. The number of carbonyl (C=O) groups excluding carboxylic acids is 1. The molecule has 5 rings (SSSR count). The van der Waals surface area contributed by atoms with Crippen molar-refractivity contribution in [2.45, 2.75) is 45.3 Å². The lowest BCUT2D eigenvalue weighted by atomic mass is 9.97. The molecule has 9 nitrogen and oxygen atoms in total. The van der Waals surface area contributed by atoms with Crippen molar-refractivity contribution < 1.29 is 22.7 Å². The summed E-state index contributed by atoms with van der Waals surface area (Å²) in [6.07, 6.45) is 2.55. The number of anilines is 1. The van der Waals surface area contributed by atoms with Crippen LogP contribution < -0.4 is 4.90 Å². The fourth-order valence-corrected chi connectivity index (χ4v) is 7.56. The van der Waals surface area contributed by atoms with Crippen molar-refractivity contribution >= 4 is 21.8 Å². The van der Waals surface area contributed by atoms with E-state index in [4.69, 9.17) is 9.47 Å². The van der Waals surface area contributed by atoms with Gasteiger partial charge in [-0.1, -0.05) is 12.1 Å². The predicted molar refractivity (Wildman–Crippen MR) is 133 cm³/mol. The summed E-state index contributed by atoms with van der Waals surface area (Å²) in [7, 11) is -3.61. The lowest BCUT2D eigenvalue weighted by molar-refractivity contribution is -0.179. The maximum atomic E-state index is 13.4. The molecule has 1 atom stereocenters. The highest BCUT2D eigenvalue weighted by molar-refractivity contribution is 7.86. The van der Waals surface area contributed by atoms with Crippen LogP contribution in [0.4, 0.5) is 5.69 Å². The van der Waals surface area contributed by atoms with Crippen molar-refractivity contribution in [3.63, 3.8) is 0 Å². The van der Waals surface area contributed by atoms with Crippen molar-refractivity contribution in [1.82, 2.24) is 13.5 Å². The van der Waals surface area contributed by atoms with Crippen molar-refractivity contribution in [2.24, 2.45) is 5.92 Å². The number of benzene rings is 1. The first-order chi connectivity index (χ1) is 16.8. The normalized spacial score (nSPS) is 26.4. The lowest BCUT2D eigenvalue weighted by Gasteiger charge is -2.42. The monoisotopic (exact) mass is 506 g/mol. The van der Waals surface area contributed by atoms with E-state index in [-0.39, 0.29) is 18.4 Å². The summed E-state index contributed by atoms with van der Waals surface area (Å²) in [4.78, 5) is 17.7. The Morgan fingerprint density at radius 2 is 1.63 bits per heavy atom. The molecular formula is C25H38N4O5S. The zero-order valence-electron chi connectivity index (χ0n) is 20.9. The Bertz CT molecular complexity index is 1020. The highest BCUT2D eigenvalue weighted by Gasteiger charge is 2.45. The maximum Gasteiger partial charge on any atom is 0.282 e. The molecule has 0 bridgehead atoms. The second-order valence-electron chi connectivity index (χ2n) is 10.2. The molecule has 4 saturated heterocycles. The molecule has 4 aliphatic heterocycles. The molecule has 4 fully saturated rings. The smallest absolute Gasteiger partial charge is 0.282 e. The Morgan fingerprint density at radius 3 is 2.31 bits per heavy atom. The third-order valence-corrected chi connectivity index (χ3v) is 10.2. The van der Waals surface area contributed by atoms with Crippen LogP contribution in [0.25, 0.3) is 0 Å².